The van der Waals surface area contributed by atoms with Crippen molar-refractivity contribution in [1.82, 2.24) is 15.0 Å². The number of aromatic nitrogens is 3. The van der Waals surface area contributed by atoms with E-state index in [-0.39, 0.29) is 12.6 Å². The average molecular weight is 390 g/mol. The smallest absolute Gasteiger partial charge is 0.225 e. The number of benzene rings is 1. The molecular weight excluding hydrogens is 373 g/mol. The summed E-state index contributed by atoms with van der Waals surface area (Å²) in [5.41, 5.74) is 1.97. The largest absolute Gasteiger partial charge is 0.394 e. The first-order valence-electron chi connectivity index (χ1n) is 7.95. The van der Waals surface area contributed by atoms with Gasteiger partial charge < -0.3 is 15.7 Å². The van der Waals surface area contributed by atoms with Crippen LogP contribution in [0.5, 0.6) is 0 Å². The van der Waals surface area contributed by atoms with Gasteiger partial charge in [-0.3, -0.25) is 4.98 Å². The van der Waals surface area contributed by atoms with Crippen molar-refractivity contribution in [2.24, 2.45) is 0 Å². The zero-order valence-corrected chi connectivity index (χ0v) is 15.5. The Labute approximate surface area is 161 Å². The molecule has 0 aliphatic carbocycles. The van der Waals surface area contributed by atoms with Crippen molar-refractivity contribution < 1.29 is 5.11 Å². The van der Waals surface area contributed by atoms with E-state index in [4.69, 9.17) is 23.2 Å². The molecule has 8 heteroatoms. The van der Waals surface area contributed by atoms with Crippen LogP contribution in [0.3, 0.4) is 0 Å². The van der Waals surface area contributed by atoms with Gasteiger partial charge in [-0.25, -0.2) is 4.98 Å². The summed E-state index contributed by atoms with van der Waals surface area (Å²) in [6.07, 6.45) is 1.70. The quantitative estimate of drug-likeness (QED) is 0.579. The fraction of sp³-hybridized carbons (Fsp3) is 0.167. The highest BCUT2D eigenvalue weighted by molar-refractivity contribution is 6.35. The Hall–Kier alpha value is -2.41. The van der Waals surface area contributed by atoms with E-state index in [1.54, 1.807) is 30.5 Å². The van der Waals surface area contributed by atoms with E-state index in [1.165, 1.54) is 0 Å². The van der Waals surface area contributed by atoms with Crippen LogP contribution in [0.4, 0.5) is 17.5 Å². The number of nitrogens with one attached hydrogen (secondary N) is 2. The molecule has 2 heterocycles. The molecule has 3 N–H and O–H groups in total. The molecule has 1 aromatic carbocycles. The monoisotopic (exact) mass is 389 g/mol. The van der Waals surface area contributed by atoms with Crippen LogP contribution < -0.4 is 10.6 Å². The Bertz CT molecular complexity index is 892. The van der Waals surface area contributed by atoms with Crippen molar-refractivity contribution in [2.75, 3.05) is 17.2 Å². The number of halogens is 2. The summed E-state index contributed by atoms with van der Waals surface area (Å²) in [5.74, 6) is 0.896. The van der Waals surface area contributed by atoms with E-state index in [9.17, 15) is 5.11 Å². The summed E-state index contributed by atoms with van der Waals surface area (Å²) in [6, 6.07) is 12.3. The second-order valence-electron chi connectivity index (χ2n) is 5.65. The third-order valence-corrected chi connectivity index (χ3v) is 4.06. The summed E-state index contributed by atoms with van der Waals surface area (Å²) in [6.45, 7) is 1.79. The standard InChI is InChI=1S/C18H17Cl2N5O/c1-11(10-26)22-18-24-16(14-4-2-3-7-21-14)9-17(25-18)23-15-8-12(19)5-6-13(15)20/h2-9,11,26H,10H2,1H3,(H2,22,23,24,25)/t11-/m1/s1. The van der Waals surface area contributed by atoms with E-state index in [0.29, 0.717) is 38.9 Å². The molecule has 0 radical (unpaired) electrons. The van der Waals surface area contributed by atoms with Crippen LogP contribution >= 0.6 is 23.2 Å². The highest BCUT2D eigenvalue weighted by atomic mass is 35.5. The van der Waals surface area contributed by atoms with E-state index in [0.717, 1.165) is 0 Å². The van der Waals surface area contributed by atoms with Gasteiger partial charge in [0.05, 0.1) is 28.7 Å². The summed E-state index contributed by atoms with van der Waals surface area (Å²) in [5, 5.41) is 16.6. The molecule has 26 heavy (non-hydrogen) atoms. The molecular formula is C18H17Cl2N5O. The summed E-state index contributed by atoms with van der Waals surface area (Å²) in [4.78, 5) is 13.2. The van der Waals surface area contributed by atoms with Crippen molar-refractivity contribution in [2.45, 2.75) is 13.0 Å². The number of aliphatic hydroxyl groups is 1. The van der Waals surface area contributed by atoms with Gasteiger partial charge in [0.1, 0.15) is 5.82 Å². The molecule has 6 nitrogen and oxygen atoms in total. The van der Waals surface area contributed by atoms with Crippen molar-refractivity contribution in [1.29, 1.82) is 0 Å². The Morgan fingerprint density at radius 1 is 1.08 bits per heavy atom. The second-order valence-corrected chi connectivity index (χ2v) is 6.50. The van der Waals surface area contributed by atoms with Gasteiger partial charge in [-0.2, -0.15) is 4.98 Å². The number of aliphatic hydroxyl groups excluding tert-OH is 1. The van der Waals surface area contributed by atoms with E-state index >= 15 is 0 Å². The molecule has 0 saturated heterocycles. The van der Waals surface area contributed by atoms with Gasteiger partial charge in [-0.05, 0) is 37.3 Å². The lowest BCUT2D eigenvalue weighted by molar-refractivity contribution is 0.281. The lowest BCUT2D eigenvalue weighted by atomic mass is 10.2. The summed E-state index contributed by atoms with van der Waals surface area (Å²) < 4.78 is 0. The third kappa shape index (κ3) is 4.60. The molecule has 0 aliphatic rings. The maximum absolute atomic E-state index is 9.28. The van der Waals surface area contributed by atoms with Crippen LogP contribution in [0, 0.1) is 0 Å². The number of rotatable bonds is 6. The minimum atomic E-state index is -0.198. The number of nitrogens with zero attached hydrogens (tertiary/aromatic N) is 3. The molecule has 0 aliphatic heterocycles. The highest BCUT2D eigenvalue weighted by Crippen LogP contribution is 2.29. The number of hydrogen-bond donors (Lipinski definition) is 3. The summed E-state index contributed by atoms with van der Waals surface area (Å²) in [7, 11) is 0. The Morgan fingerprint density at radius 2 is 1.92 bits per heavy atom. The number of pyridine rings is 1. The van der Waals surface area contributed by atoms with Crippen molar-refractivity contribution in [3.63, 3.8) is 0 Å². The van der Waals surface area contributed by atoms with Crippen LogP contribution in [-0.2, 0) is 0 Å². The van der Waals surface area contributed by atoms with Crippen LogP contribution in [-0.4, -0.2) is 32.7 Å². The minimum Gasteiger partial charge on any atom is -0.394 e. The molecule has 3 aromatic rings. The van der Waals surface area contributed by atoms with Gasteiger partial charge >= 0.3 is 0 Å². The highest BCUT2D eigenvalue weighted by Gasteiger charge is 2.11. The van der Waals surface area contributed by atoms with Crippen molar-refractivity contribution in [3.8, 4) is 11.4 Å². The molecule has 2 aromatic heterocycles. The molecule has 0 spiro atoms. The fourth-order valence-electron chi connectivity index (χ4n) is 2.22. The molecule has 134 valence electrons. The topological polar surface area (TPSA) is 83.0 Å². The van der Waals surface area contributed by atoms with Gasteiger partial charge in [-0.1, -0.05) is 29.3 Å². The SMILES string of the molecule is C[C@H](CO)Nc1nc(Nc2cc(Cl)ccc2Cl)cc(-c2ccccn2)n1. The zero-order chi connectivity index (χ0) is 18.5. The lowest BCUT2D eigenvalue weighted by Crippen LogP contribution is -2.21. The first-order valence-corrected chi connectivity index (χ1v) is 8.70. The molecule has 1 atom stereocenters. The number of anilines is 3. The van der Waals surface area contributed by atoms with E-state index in [2.05, 4.69) is 25.6 Å². The molecule has 0 saturated carbocycles. The zero-order valence-electron chi connectivity index (χ0n) is 13.9. The molecule has 0 fully saturated rings. The Morgan fingerprint density at radius 3 is 2.65 bits per heavy atom. The molecule has 0 bridgehead atoms. The van der Waals surface area contributed by atoms with E-state index in [1.807, 2.05) is 25.1 Å². The van der Waals surface area contributed by atoms with Crippen molar-refractivity contribution >= 4 is 40.7 Å². The predicted molar refractivity (Wildman–Crippen MR) is 105 cm³/mol. The van der Waals surface area contributed by atoms with Crippen LogP contribution in [0.2, 0.25) is 10.0 Å². The second kappa shape index (κ2) is 8.31. The first kappa shape index (κ1) is 18.4. The van der Waals surface area contributed by atoms with Gasteiger partial charge in [-0.15, -0.1) is 0 Å². The predicted octanol–water partition coefficient (Wildman–Crippen LogP) is 4.38. The average Bonchev–Trinajstić information content (AvgIpc) is 2.65. The van der Waals surface area contributed by atoms with Crippen LogP contribution in [0.15, 0.2) is 48.7 Å². The van der Waals surface area contributed by atoms with Crippen molar-refractivity contribution in [3.05, 3.63) is 58.7 Å². The number of hydrogen-bond acceptors (Lipinski definition) is 6. The maximum atomic E-state index is 9.28. The van der Waals surface area contributed by atoms with Gasteiger partial charge in [0.2, 0.25) is 5.95 Å². The minimum absolute atomic E-state index is 0.0416. The van der Waals surface area contributed by atoms with E-state index < -0.39 is 0 Å². The third-order valence-electron chi connectivity index (χ3n) is 3.49. The fourth-order valence-corrected chi connectivity index (χ4v) is 2.56. The van der Waals surface area contributed by atoms with Gasteiger partial charge in [0, 0.05) is 23.3 Å². The lowest BCUT2D eigenvalue weighted by Gasteiger charge is -2.14. The maximum Gasteiger partial charge on any atom is 0.225 e. The van der Waals surface area contributed by atoms with Crippen LogP contribution in [0.1, 0.15) is 6.92 Å². The first-order chi connectivity index (χ1) is 12.5. The molecule has 0 unspecified atom stereocenters. The summed E-state index contributed by atoms with van der Waals surface area (Å²) >= 11 is 12.3. The van der Waals surface area contributed by atoms with Crippen LogP contribution in [0.25, 0.3) is 11.4 Å². The molecule has 0 amide bonds. The van der Waals surface area contributed by atoms with Gasteiger partial charge in [0.25, 0.3) is 0 Å². The Kier molecular flexibility index (Phi) is 5.88. The Balaban J connectivity index is 2.00. The normalized spacial score (nSPS) is 11.8. The van der Waals surface area contributed by atoms with Gasteiger partial charge in [0.15, 0.2) is 0 Å². The molecule has 3 rings (SSSR count).